The van der Waals surface area contributed by atoms with Crippen LogP contribution in [0.4, 0.5) is 52.7 Å². The minimum atomic E-state index is -7.12. The van der Waals surface area contributed by atoms with E-state index in [0.717, 1.165) is 0 Å². The van der Waals surface area contributed by atoms with Gasteiger partial charge in [-0.1, -0.05) is 6.92 Å². The summed E-state index contributed by atoms with van der Waals surface area (Å²) in [5, 5.41) is 0. The van der Waals surface area contributed by atoms with Crippen LogP contribution in [0.3, 0.4) is 0 Å². The Balaban J connectivity index is 6.13. The summed E-state index contributed by atoms with van der Waals surface area (Å²) in [6, 6.07) is 0. The van der Waals surface area contributed by atoms with Crippen LogP contribution in [0.25, 0.3) is 0 Å². The van der Waals surface area contributed by atoms with Crippen LogP contribution in [0.1, 0.15) is 13.3 Å². The summed E-state index contributed by atoms with van der Waals surface area (Å²) < 4.78 is 148. The number of hydrogen-bond acceptors (Lipinski definition) is 0. The van der Waals surface area contributed by atoms with E-state index >= 15 is 0 Å². The van der Waals surface area contributed by atoms with E-state index in [9.17, 15) is 52.7 Å². The molecule has 12 heteroatoms. The Kier molecular flexibility index (Phi) is 4.66. The molecule has 0 aliphatic rings. The van der Waals surface area contributed by atoms with Crippen LogP contribution in [-0.4, -0.2) is 36.0 Å². The fourth-order valence-electron chi connectivity index (χ4n) is 1.29. The van der Waals surface area contributed by atoms with Crippen molar-refractivity contribution in [2.75, 3.05) is 0 Å². The molecule has 0 bridgehead atoms. The summed E-state index contributed by atoms with van der Waals surface area (Å²) in [4.78, 5) is 0. The van der Waals surface area contributed by atoms with Crippen molar-refractivity contribution in [3.63, 3.8) is 0 Å². The molecular formula is C8H6F12. The van der Waals surface area contributed by atoms with Gasteiger partial charge in [0.1, 0.15) is 0 Å². The van der Waals surface area contributed by atoms with Crippen molar-refractivity contribution < 1.29 is 52.7 Å². The summed E-state index contributed by atoms with van der Waals surface area (Å²) in [5.41, 5.74) is -12.6. The Morgan fingerprint density at radius 1 is 0.650 bits per heavy atom. The molecule has 0 amide bonds. The SMILES string of the molecule is CCC(F)(C(F)C(F)(C(F)(F)F)C(F)(F)F)C(F)(F)F. The molecule has 20 heavy (non-hydrogen) atoms. The fraction of sp³-hybridized carbons (Fsp3) is 1.00. The number of rotatable bonds is 3. The lowest BCUT2D eigenvalue weighted by atomic mass is 9.83. The highest BCUT2D eigenvalue weighted by molar-refractivity contribution is 5.10. The maximum absolute atomic E-state index is 13.2. The Labute approximate surface area is 103 Å². The molecule has 0 saturated carbocycles. The van der Waals surface area contributed by atoms with Gasteiger partial charge in [-0.15, -0.1) is 0 Å². The van der Waals surface area contributed by atoms with Gasteiger partial charge in [0.2, 0.25) is 5.67 Å². The van der Waals surface area contributed by atoms with Crippen molar-refractivity contribution >= 4 is 0 Å². The normalized spacial score (nSPS) is 19.6. The van der Waals surface area contributed by atoms with E-state index in [1.807, 2.05) is 0 Å². The van der Waals surface area contributed by atoms with Gasteiger partial charge in [-0.3, -0.25) is 0 Å². The highest BCUT2D eigenvalue weighted by Crippen LogP contribution is 2.55. The van der Waals surface area contributed by atoms with Gasteiger partial charge in [-0.05, 0) is 6.42 Å². The third-order valence-electron chi connectivity index (χ3n) is 2.56. The quantitative estimate of drug-likeness (QED) is 0.650. The highest BCUT2D eigenvalue weighted by Gasteiger charge is 2.83. The molecule has 0 aromatic heterocycles. The van der Waals surface area contributed by atoms with E-state index in [2.05, 4.69) is 0 Å². The first-order chi connectivity index (χ1) is 8.47. The maximum Gasteiger partial charge on any atom is 0.434 e. The van der Waals surface area contributed by atoms with E-state index in [1.54, 1.807) is 0 Å². The maximum atomic E-state index is 13.2. The molecule has 0 fully saturated rings. The van der Waals surface area contributed by atoms with Crippen molar-refractivity contribution in [1.82, 2.24) is 0 Å². The van der Waals surface area contributed by atoms with E-state index < -0.39 is 42.5 Å². The van der Waals surface area contributed by atoms with Crippen LogP contribution >= 0.6 is 0 Å². The lowest BCUT2D eigenvalue weighted by Gasteiger charge is -2.39. The van der Waals surface area contributed by atoms with Gasteiger partial charge in [-0.2, -0.15) is 39.5 Å². The van der Waals surface area contributed by atoms with Crippen molar-refractivity contribution in [3.05, 3.63) is 0 Å². The first kappa shape index (κ1) is 19.2. The summed E-state index contributed by atoms with van der Waals surface area (Å²) in [6.45, 7) is 0.132. The van der Waals surface area contributed by atoms with E-state index in [4.69, 9.17) is 0 Å². The summed E-state index contributed by atoms with van der Waals surface area (Å²) in [6.07, 6.45) is -28.4. The van der Waals surface area contributed by atoms with Crippen molar-refractivity contribution in [1.29, 1.82) is 0 Å². The molecule has 0 rings (SSSR count). The molecule has 0 aliphatic heterocycles. The smallest absolute Gasteiger partial charge is 0.239 e. The number of alkyl halides is 12. The molecule has 0 N–H and O–H groups in total. The van der Waals surface area contributed by atoms with Crippen LogP contribution in [-0.2, 0) is 0 Å². The van der Waals surface area contributed by atoms with Gasteiger partial charge in [0, 0.05) is 0 Å². The minimum absolute atomic E-state index is 0.132. The Morgan fingerprint density at radius 2 is 0.950 bits per heavy atom. The summed E-state index contributed by atoms with van der Waals surface area (Å²) in [7, 11) is 0. The van der Waals surface area contributed by atoms with Crippen LogP contribution in [0.5, 0.6) is 0 Å². The van der Waals surface area contributed by atoms with Gasteiger partial charge in [0.25, 0.3) is 0 Å². The molecule has 0 saturated heterocycles. The summed E-state index contributed by atoms with van der Waals surface area (Å²) >= 11 is 0. The standard InChI is InChI=1S/C8H6F12/c1-2-4(10,6(12,13)14)3(9)5(11,7(15,16)17)8(18,19)20/h3H,2H2,1H3. The Hall–Kier alpha value is -0.840. The van der Waals surface area contributed by atoms with Gasteiger partial charge in [0.15, 0.2) is 6.17 Å². The lowest BCUT2D eigenvalue weighted by Crippen LogP contribution is -2.68. The molecule has 0 aromatic carbocycles. The predicted molar refractivity (Wildman–Crippen MR) is 41.0 cm³/mol. The van der Waals surface area contributed by atoms with Crippen molar-refractivity contribution in [2.45, 2.75) is 49.4 Å². The fourth-order valence-corrected chi connectivity index (χ4v) is 1.29. The monoisotopic (exact) mass is 330 g/mol. The van der Waals surface area contributed by atoms with Crippen LogP contribution in [0.15, 0.2) is 0 Å². The topological polar surface area (TPSA) is 0 Å². The third kappa shape index (κ3) is 2.65. The lowest BCUT2D eigenvalue weighted by molar-refractivity contribution is -0.382. The second-order valence-corrected chi connectivity index (χ2v) is 3.78. The molecule has 0 spiro atoms. The molecule has 0 aliphatic carbocycles. The van der Waals surface area contributed by atoms with E-state index in [1.165, 1.54) is 0 Å². The molecule has 2 unspecified atom stereocenters. The first-order valence-corrected chi connectivity index (χ1v) is 4.69. The molecule has 122 valence electrons. The predicted octanol–water partition coefficient (Wildman–Crippen LogP) is 4.84. The molecule has 0 nitrogen and oxygen atoms in total. The average Bonchev–Trinajstić information content (AvgIpc) is 2.20. The zero-order valence-electron chi connectivity index (χ0n) is 9.32. The van der Waals surface area contributed by atoms with Crippen LogP contribution < -0.4 is 0 Å². The Morgan fingerprint density at radius 3 is 1.10 bits per heavy atom. The Bertz CT molecular complexity index is 321. The molecule has 0 aromatic rings. The van der Waals surface area contributed by atoms with Gasteiger partial charge in [-0.25, -0.2) is 13.2 Å². The molecule has 0 heterocycles. The van der Waals surface area contributed by atoms with Crippen LogP contribution in [0.2, 0.25) is 0 Å². The molecule has 2 atom stereocenters. The minimum Gasteiger partial charge on any atom is -0.239 e. The zero-order chi connectivity index (χ0) is 16.8. The number of hydrogen-bond donors (Lipinski definition) is 0. The van der Waals surface area contributed by atoms with Crippen molar-refractivity contribution in [2.24, 2.45) is 0 Å². The largest absolute Gasteiger partial charge is 0.434 e. The molecular weight excluding hydrogens is 324 g/mol. The molecule has 0 radical (unpaired) electrons. The second kappa shape index (κ2) is 4.86. The van der Waals surface area contributed by atoms with Gasteiger partial charge >= 0.3 is 24.2 Å². The van der Waals surface area contributed by atoms with Gasteiger partial charge < -0.3 is 0 Å². The third-order valence-corrected chi connectivity index (χ3v) is 2.56. The first-order valence-electron chi connectivity index (χ1n) is 4.69. The average molecular weight is 330 g/mol. The zero-order valence-corrected chi connectivity index (χ0v) is 9.32. The highest BCUT2D eigenvalue weighted by atomic mass is 19.4. The second-order valence-electron chi connectivity index (χ2n) is 3.78. The number of halogens is 12. The van der Waals surface area contributed by atoms with Crippen LogP contribution in [0, 0.1) is 0 Å². The van der Waals surface area contributed by atoms with E-state index in [-0.39, 0.29) is 6.92 Å². The van der Waals surface area contributed by atoms with Crippen molar-refractivity contribution in [3.8, 4) is 0 Å². The summed E-state index contributed by atoms with van der Waals surface area (Å²) in [5.74, 6) is 0. The van der Waals surface area contributed by atoms with Gasteiger partial charge in [0.05, 0.1) is 0 Å². The van der Waals surface area contributed by atoms with E-state index in [0.29, 0.717) is 0 Å².